The van der Waals surface area contributed by atoms with Gasteiger partial charge in [-0.1, -0.05) is 83.9 Å². The van der Waals surface area contributed by atoms with Gasteiger partial charge in [0.05, 0.1) is 0 Å². The van der Waals surface area contributed by atoms with Crippen molar-refractivity contribution in [1.29, 1.82) is 0 Å². The molecule has 1 rings (SSSR count). The topological polar surface area (TPSA) is 20.2 Å². The number of aryl methyl sites for hydroxylation is 1. The van der Waals surface area contributed by atoms with Crippen molar-refractivity contribution in [3.8, 4) is 5.75 Å². The van der Waals surface area contributed by atoms with Crippen LogP contribution in [0, 0.1) is 0 Å². The lowest BCUT2D eigenvalue weighted by molar-refractivity contribution is 0.467. The Kier molecular flexibility index (Phi) is 11.8. The van der Waals surface area contributed by atoms with Crippen molar-refractivity contribution in [1.82, 2.24) is 0 Å². The van der Waals surface area contributed by atoms with Gasteiger partial charge in [-0.3, -0.25) is 0 Å². The number of unbranched alkanes of at least 4 members (excludes halogenated alkanes) is 5. The molecule has 1 N–H and O–H groups in total. The maximum absolute atomic E-state index is 9.24. The van der Waals surface area contributed by atoms with Gasteiger partial charge in [-0.25, -0.2) is 0 Å². The SMILES string of the molecule is CCCCCCCC.CCCc1ccccc1O. The van der Waals surface area contributed by atoms with Crippen LogP contribution in [0.3, 0.4) is 0 Å². The molecule has 0 unspecified atom stereocenters. The highest BCUT2D eigenvalue weighted by Crippen LogP contribution is 2.16. The molecule has 0 aliphatic carbocycles. The first-order valence-corrected chi connectivity index (χ1v) is 7.53. The van der Waals surface area contributed by atoms with E-state index in [1.165, 1.54) is 38.5 Å². The van der Waals surface area contributed by atoms with Crippen LogP contribution in [0.2, 0.25) is 0 Å². The lowest BCUT2D eigenvalue weighted by Gasteiger charge is -1.99. The van der Waals surface area contributed by atoms with Crippen LogP contribution >= 0.6 is 0 Å². The fourth-order valence-corrected chi connectivity index (χ4v) is 1.85. The van der Waals surface area contributed by atoms with E-state index in [-0.39, 0.29) is 0 Å². The van der Waals surface area contributed by atoms with Crippen molar-refractivity contribution in [3.63, 3.8) is 0 Å². The number of phenolic OH excluding ortho intramolecular Hbond substituents is 1. The fraction of sp³-hybridized carbons (Fsp3) is 0.647. The molecule has 0 aliphatic heterocycles. The number of phenols is 1. The number of benzene rings is 1. The van der Waals surface area contributed by atoms with Crippen LogP contribution in [0.4, 0.5) is 0 Å². The minimum absolute atomic E-state index is 0.421. The largest absolute Gasteiger partial charge is 0.508 e. The summed E-state index contributed by atoms with van der Waals surface area (Å²) < 4.78 is 0. The minimum Gasteiger partial charge on any atom is -0.508 e. The smallest absolute Gasteiger partial charge is 0.118 e. The summed E-state index contributed by atoms with van der Waals surface area (Å²) in [4.78, 5) is 0. The standard InChI is InChI=1S/C9H12O.C8H18/c1-2-5-8-6-3-4-7-9(8)10;1-3-5-7-8-6-4-2/h3-4,6-7,10H,2,5H2,1H3;3-8H2,1-2H3. The number of hydrogen-bond donors (Lipinski definition) is 1. The van der Waals surface area contributed by atoms with Crippen molar-refractivity contribution >= 4 is 0 Å². The zero-order chi connectivity index (χ0) is 13.6. The Morgan fingerprint density at radius 1 is 0.778 bits per heavy atom. The van der Waals surface area contributed by atoms with Gasteiger partial charge >= 0.3 is 0 Å². The maximum Gasteiger partial charge on any atom is 0.118 e. The monoisotopic (exact) mass is 250 g/mol. The molecule has 0 heterocycles. The van der Waals surface area contributed by atoms with E-state index in [2.05, 4.69) is 20.8 Å². The third-order valence-electron chi connectivity index (χ3n) is 2.97. The predicted molar refractivity (Wildman–Crippen MR) is 81.2 cm³/mol. The first-order chi connectivity index (χ1) is 8.76. The summed E-state index contributed by atoms with van der Waals surface area (Å²) in [6.45, 7) is 6.62. The molecule has 0 amide bonds. The molecule has 0 aromatic heterocycles. The molecule has 1 aromatic rings. The Morgan fingerprint density at radius 2 is 1.33 bits per heavy atom. The van der Waals surface area contributed by atoms with Crippen LogP contribution in [0.1, 0.15) is 71.3 Å². The lowest BCUT2D eigenvalue weighted by Crippen LogP contribution is -1.81. The Balaban J connectivity index is 0.000000331. The van der Waals surface area contributed by atoms with E-state index >= 15 is 0 Å². The second-order valence-electron chi connectivity index (χ2n) is 4.79. The molecule has 0 bridgehead atoms. The molecule has 1 aromatic carbocycles. The van der Waals surface area contributed by atoms with Gasteiger partial charge in [0.1, 0.15) is 5.75 Å². The van der Waals surface area contributed by atoms with Gasteiger partial charge in [0.25, 0.3) is 0 Å². The summed E-state index contributed by atoms with van der Waals surface area (Å²) in [5.41, 5.74) is 1.05. The molecule has 0 spiro atoms. The van der Waals surface area contributed by atoms with Crippen LogP contribution in [-0.2, 0) is 6.42 Å². The first-order valence-electron chi connectivity index (χ1n) is 7.53. The fourth-order valence-electron chi connectivity index (χ4n) is 1.85. The number of rotatable bonds is 7. The molecule has 104 valence electrons. The van der Waals surface area contributed by atoms with E-state index < -0.39 is 0 Å². The molecule has 0 saturated carbocycles. The van der Waals surface area contributed by atoms with E-state index in [1.54, 1.807) is 6.07 Å². The molecular weight excluding hydrogens is 220 g/mol. The van der Waals surface area contributed by atoms with Crippen LogP contribution < -0.4 is 0 Å². The van der Waals surface area contributed by atoms with Gasteiger partial charge in [0, 0.05) is 0 Å². The van der Waals surface area contributed by atoms with Gasteiger partial charge in [-0.15, -0.1) is 0 Å². The second-order valence-corrected chi connectivity index (χ2v) is 4.79. The molecule has 1 nitrogen and oxygen atoms in total. The Hall–Kier alpha value is -0.980. The second kappa shape index (κ2) is 12.5. The maximum atomic E-state index is 9.24. The lowest BCUT2D eigenvalue weighted by atomic mass is 10.1. The summed E-state index contributed by atoms with van der Waals surface area (Å²) in [5, 5.41) is 9.24. The minimum atomic E-state index is 0.421. The third kappa shape index (κ3) is 9.09. The van der Waals surface area contributed by atoms with Crippen LogP contribution in [0.5, 0.6) is 5.75 Å². The number of aromatic hydroxyl groups is 1. The van der Waals surface area contributed by atoms with Gasteiger partial charge < -0.3 is 5.11 Å². The summed E-state index contributed by atoms with van der Waals surface area (Å²) in [6, 6.07) is 7.48. The van der Waals surface area contributed by atoms with Crippen LogP contribution in [-0.4, -0.2) is 5.11 Å². The molecule has 0 fully saturated rings. The zero-order valence-corrected chi connectivity index (χ0v) is 12.4. The Labute approximate surface area is 113 Å². The van der Waals surface area contributed by atoms with Gasteiger partial charge in [-0.2, -0.15) is 0 Å². The Bertz CT molecular complexity index is 275. The highest BCUT2D eigenvalue weighted by atomic mass is 16.3. The van der Waals surface area contributed by atoms with Crippen molar-refractivity contribution < 1.29 is 5.11 Å². The van der Waals surface area contributed by atoms with Crippen LogP contribution in [0.15, 0.2) is 24.3 Å². The van der Waals surface area contributed by atoms with Gasteiger partial charge in [-0.05, 0) is 18.1 Å². The summed E-state index contributed by atoms with van der Waals surface area (Å²) in [5.74, 6) is 0.421. The Morgan fingerprint density at radius 3 is 1.78 bits per heavy atom. The molecule has 0 aliphatic rings. The van der Waals surface area contributed by atoms with Crippen molar-refractivity contribution in [3.05, 3.63) is 29.8 Å². The first kappa shape index (κ1) is 17.0. The normalized spacial score (nSPS) is 9.72. The van der Waals surface area contributed by atoms with Crippen molar-refractivity contribution in [2.45, 2.75) is 72.1 Å². The average molecular weight is 250 g/mol. The highest BCUT2D eigenvalue weighted by Gasteiger charge is 1.95. The number of para-hydroxylation sites is 1. The van der Waals surface area contributed by atoms with Crippen molar-refractivity contribution in [2.24, 2.45) is 0 Å². The molecule has 0 saturated heterocycles. The summed E-state index contributed by atoms with van der Waals surface area (Å²) in [6.07, 6.45) is 10.5. The molecule has 0 radical (unpaired) electrons. The predicted octanol–water partition coefficient (Wildman–Crippen LogP) is 5.71. The van der Waals surface area contributed by atoms with Gasteiger partial charge in [0.15, 0.2) is 0 Å². The quantitative estimate of drug-likeness (QED) is 0.614. The van der Waals surface area contributed by atoms with E-state index in [1.807, 2.05) is 18.2 Å². The zero-order valence-electron chi connectivity index (χ0n) is 12.4. The van der Waals surface area contributed by atoms with E-state index in [4.69, 9.17) is 0 Å². The van der Waals surface area contributed by atoms with Crippen molar-refractivity contribution in [2.75, 3.05) is 0 Å². The average Bonchev–Trinajstić information content (AvgIpc) is 2.39. The third-order valence-corrected chi connectivity index (χ3v) is 2.97. The molecule has 18 heavy (non-hydrogen) atoms. The van der Waals surface area contributed by atoms with E-state index in [0.29, 0.717) is 5.75 Å². The van der Waals surface area contributed by atoms with E-state index in [9.17, 15) is 5.11 Å². The molecular formula is C17H30O. The van der Waals surface area contributed by atoms with Crippen LogP contribution in [0.25, 0.3) is 0 Å². The highest BCUT2D eigenvalue weighted by molar-refractivity contribution is 5.31. The molecule has 1 heteroatoms. The van der Waals surface area contributed by atoms with E-state index in [0.717, 1.165) is 18.4 Å². The summed E-state index contributed by atoms with van der Waals surface area (Å²) in [7, 11) is 0. The summed E-state index contributed by atoms with van der Waals surface area (Å²) >= 11 is 0. The van der Waals surface area contributed by atoms with Gasteiger partial charge in [0.2, 0.25) is 0 Å². The molecule has 0 atom stereocenters. The number of hydrogen-bond acceptors (Lipinski definition) is 1.